The minimum atomic E-state index is -3.08. The van der Waals surface area contributed by atoms with Gasteiger partial charge >= 0.3 is 6.61 Å². The quantitative estimate of drug-likeness (QED) is 0.251. The van der Waals surface area contributed by atoms with Crippen molar-refractivity contribution in [1.82, 2.24) is 39.1 Å². The van der Waals surface area contributed by atoms with Gasteiger partial charge in [-0.1, -0.05) is 11.6 Å². The molecule has 5 heterocycles. The lowest BCUT2D eigenvalue weighted by Crippen LogP contribution is -2.48. The van der Waals surface area contributed by atoms with Gasteiger partial charge < -0.3 is 29.9 Å². The van der Waals surface area contributed by atoms with Crippen LogP contribution >= 0.6 is 11.6 Å². The van der Waals surface area contributed by atoms with E-state index in [1.807, 2.05) is 4.90 Å². The van der Waals surface area contributed by atoms with Crippen LogP contribution < -0.4 is 10.1 Å². The van der Waals surface area contributed by atoms with Crippen LogP contribution in [0.2, 0.25) is 5.02 Å². The fourth-order valence-corrected chi connectivity index (χ4v) is 6.13. The fourth-order valence-electron chi connectivity index (χ4n) is 5.96. The molecule has 1 aromatic carbocycles. The minimum absolute atomic E-state index is 0.0717. The Morgan fingerprint density at radius 3 is 2.71 bits per heavy atom. The van der Waals surface area contributed by atoms with Crippen molar-refractivity contribution in [2.24, 2.45) is 5.92 Å². The molecule has 240 valence electrons. The number of amides is 1. The third-order valence-corrected chi connectivity index (χ3v) is 8.68. The number of hydrogen-bond donors (Lipinski definition) is 2. The predicted molar refractivity (Wildman–Crippen MR) is 164 cm³/mol. The molecule has 3 aromatic heterocycles. The van der Waals surface area contributed by atoms with Crippen molar-refractivity contribution in [3.63, 3.8) is 0 Å². The number of carbonyl (C=O) groups excluding carboxylic acids is 1. The topological polar surface area (TPSA) is 116 Å². The third kappa shape index (κ3) is 7.35. The molecule has 0 aliphatic carbocycles. The number of nitrogens with one attached hydrogen (secondary N) is 1. The Kier molecular flexibility index (Phi) is 9.45. The summed E-state index contributed by atoms with van der Waals surface area (Å²) in [4.78, 5) is 24.4. The monoisotopic (exact) mass is 643 g/mol. The van der Waals surface area contributed by atoms with Gasteiger partial charge in [0.15, 0.2) is 11.9 Å². The summed E-state index contributed by atoms with van der Waals surface area (Å²) in [5.41, 5.74) is 1.45. The molecule has 15 heteroatoms. The Balaban J connectivity index is 1.20. The van der Waals surface area contributed by atoms with Gasteiger partial charge in [0.05, 0.1) is 17.4 Å². The average molecular weight is 644 g/mol. The van der Waals surface area contributed by atoms with Gasteiger partial charge in [-0.15, -0.1) is 0 Å². The average Bonchev–Trinajstić information content (AvgIpc) is 3.63. The molecule has 1 amide bonds. The maximum absolute atomic E-state index is 13.4. The normalized spacial score (nSPS) is 17.7. The number of carbonyl (C=O) groups is 1. The Hall–Kier alpha value is -3.85. The van der Waals surface area contributed by atoms with E-state index in [-0.39, 0.29) is 40.2 Å². The number of hydrogen-bond acceptors (Lipinski definition) is 9. The van der Waals surface area contributed by atoms with Crippen LogP contribution in [-0.2, 0) is 11.3 Å². The van der Waals surface area contributed by atoms with Crippen LogP contribution in [0.3, 0.4) is 0 Å². The third-order valence-electron chi connectivity index (χ3n) is 8.44. The van der Waals surface area contributed by atoms with Crippen LogP contribution in [0, 0.1) is 5.92 Å². The Morgan fingerprint density at radius 1 is 1.18 bits per heavy atom. The van der Waals surface area contributed by atoms with E-state index in [9.17, 15) is 18.7 Å². The number of aliphatic hydroxyl groups excluding tert-OH is 1. The predicted octanol–water partition coefficient (Wildman–Crippen LogP) is 3.44. The zero-order valence-electron chi connectivity index (χ0n) is 24.9. The number of rotatable bonds is 10. The highest BCUT2D eigenvalue weighted by molar-refractivity contribution is 6.31. The number of anilines is 1. The van der Waals surface area contributed by atoms with Gasteiger partial charge in [0, 0.05) is 75.0 Å². The number of piperidine rings is 1. The molecule has 6 rings (SSSR count). The standard InChI is InChI=1S/C30H36ClF2N9O3/c1-38-11-13-39(14-12-38)17-20-5-9-40(10-6-20)26(43)19-41-18-24(36-29(44)23-16-35-42-8-2-7-34-28(23)42)27(37-41)22-15-21(31)3-4-25(22)45-30(32)33/h2-4,7-8,15-16,18,20,29-30,36,44H,5-6,9-14,17,19H2,1H3. The van der Waals surface area contributed by atoms with Gasteiger partial charge in [-0.05, 0) is 50.1 Å². The molecule has 45 heavy (non-hydrogen) atoms. The van der Waals surface area contributed by atoms with Crippen molar-refractivity contribution in [1.29, 1.82) is 0 Å². The molecule has 12 nitrogen and oxygen atoms in total. The first-order valence-electron chi connectivity index (χ1n) is 15.0. The van der Waals surface area contributed by atoms with Crippen molar-refractivity contribution >= 4 is 28.8 Å². The lowest BCUT2D eigenvalue weighted by atomic mass is 9.96. The van der Waals surface area contributed by atoms with Crippen molar-refractivity contribution in [3.05, 3.63) is 59.6 Å². The number of fused-ring (bicyclic) bond motifs is 1. The minimum Gasteiger partial charge on any atom is -0.434 e. The summed E-state index contributed by atoms with van der Waals surface area (Å²) in [7, 11) is 2.15. The number of likely N-dealkylation sites (tertiary alicyclic amines) is 1. The Labute approximate surface area is 264 Å². The van der Waals surface area contributed by atoms with Crippen LogP contribution in [0.25, 0.3) is 16.9 Å². The summed E-state index contributed by atoms with van der Waals surface area (Å²) in [5, 5.41) is 23.2. The Bertz CT molecular complexity index is 1620. The van der Waals surface area contributed by atoms with E-state index in [0.717, 1.165) is 45.6 Å². The van der Waals surface area contributed by atoms with E-state index in [4.69, 9.17) is 16.3 Å². The number of nitrogens with zero attached hydrogens (tertiary/aromatic N) is 8. The van der Waals surface area contributed by atoms with E-state index in [1.54, 1.807) is 24.7 Å². The Morgan fingerprint density at radius 2 is 1.96 bits per heavy atom. The number of aliphatic hydroxyl groups is 1. The van der Waals surface area contributed by atoms with E-state index >= 15 is 0 Å². The van der Waals surface area contributed by atoms with Crippen molar-refractivity contribution in [3.8, 4) is 17.0 Å². The fraction of sp³-hybridized carbons (Fsp3) is 0.467. The summed E-state index contributed by atoms with van der Waals surface area (Å²) < 4.78 is 34.3. The highest BCUT2D eigenvalue weighted by Crippen LogP contribution is 2.38. The number of piperazine rings is 1. The maximum atomic E-state index is 13.4. The zero-order valence-corrected chi connectivity index (χ0v) is 25.7. The van der Waals surface area contributed by atoms with Crippen molar-refractivity contribution in [2.75, 3.05) is 58.2 Å². The number of likely N-dealkylation sites (N-methyl/N-ethyl adjacent to an activating group) is 1. The number of benzene rings is 1. The number of aromatic nitrogens is 5. The zero-order chi connectivity index (χ0) is 31.5. The molecule has 0 spiro atoms. The molecule has 0 radical (unpaired) electrons. The highest BCUT2D eigenvalue weighted by atomic mass is 35.5. The van der Waals surface area contributed by atoms with Gasteiger partial charge in [0.2, 0.25) is 5.91 Å². The second-order valence-corrected chi connectivity index (χ2v) is 12.0. The van der Waals surface area contributed by atoms with Crippen LogP contribution in [0.4, 0.5) is 14.5 Å². The first kappa shape index (κ1) is 31.1. The van der Waals surface area contributed by atoms with Crippen molar-refractivity contribution < 1.29 is 23.4 Å². The lowest BCUT2D eigenvalue weighted by molar-refractivity contribution is -0.133. The van der Waals surface area contributed by atoms with Crippen LogP contribution in [0.1, 0.15) is 24.6 Å². The number of ether oxygens (including phenoxy) is 1. The van der Waals surface area contributed by atoms with E-state index < -0.39 is 12.8 Å². The molecule has 2 aliphatic rings. The second kappa shape index (κ2) is 13.6. The first-order valence-corrected chi connectivity index (χ1v) is 15.3. The largest absolute Gasteiger partial charge is 0.434 e. The maximum Gasteiger partial charge on any atom is 0.387 e. The first-order chi connectivity index (χ1) is 21.7. The highest BCUT2D eigenvalue weighted by Gasteiger charge is 2.27. The van der Waals surface area contributed by atoms with Crippen LogP contribution in [0.15, 0.2) is 49.1 Å². The molecule has 1 atom stereocenters. The summed E-state index contributed by atoms with van der Waals surface area (Å²) in [6.45, 7) is 3.54. The number of alkyl halides is 2. The molecule has 2 saturated heterocycles. The number of halogens is 3. The van der Waals surface area contributed by atoms with Crippen LogP contribution in [0.5, 0.6) is 5.75 Å². The summed E-state index contributed by atoms with van der Waals surface area (Å²) in [5.74, 6) is 0.302. The van der Waals surface area contributed by atoms with Gasteiger partial charge in [-0.2, -0.15) is 19.0 Å². The van der Waals surface area contributed by atoms with Gasteiger partial charge in [0.25, 0.3) is 0 Å². The van der Waals surface area contributed by atoms with Gasteiger partial charge in [-0.25, -0.2) is 9.50 Å². The summed E-state index contributed by atoms with van der Waals surface area (Å²) in [6, 6.07) is 5.93. The summed E-state index contributed by atoms with van der Waals surface area (Å²) >= 11 is 6.25. The molecule has 1 unspecified atom stereocenters. The van der Waals surface area contributed by atoms with E-state index in [0.29, 0.717) is 30.2 Å². The molecule has 0 saturated carbocycles. The molecule has 2 aliphatic heterocycles. The molecule has 2 N–H and O–H groups in total. The van der Waals surface area contributed by atoms with E-state index in [1.165, 1.54) is 33.6 Å². The van der Waals surface area contributed by atoms with Crippen LogP contribution in [-0.4, -0.2) is 110 Å². The lowest BCUT2D eigenvalue weighted by Gasteiger charge is -2.38. The second-order valence-electron chi connectivity index (χ2n) is 11.6. The molecular weight excluding hydrogens is 608 g/mol. The summed E-state index contributed by atoms with van der Waals surface area (Å²) in [6.07, 6.45) is 6.90. The van der Waals surface area contributed by atoms with E-state index in [2.05, 4.69) is 37.3 Å². The van der Waals surface area contributed by atoms with Gasteiger partial charge in [-0.3, -0.25) is 9.48 Å². The van der Waals surface area contributed by atoms with Gasteiger partial charge in [0.1, 0.15) is 18.0 Å². The van der Waals surface area contributed by atoms with Crippen molar-refractivity contribution in [2.45, 2.75) is 32.2 Å². The smallest absolute Gasteiger partial charge is 0.387 e. The molecule has 4 aromatic rings. The SMILES string of the molecule is CN1CCN(CC2CCN(C(=O)Cn3cc(NC(O)c4cnn5cccnc45)c(-c4cc(Cl)ccc4OC(F)F)n3)CC2)CC1. The molecule has 2 fully saturated rings. The molecule has 0 bridgehead atoms. The molecular formula is C30H36ClF2N9O3.